The number of carbonyl (C=O) groups excluding carboxylic acids is 3. The number of nitrogens with zero attached hydrogens (tertiary/aromatic N) is 2. The zero-order chi connectivity index (χ0) is 28.1. The molecule has 4 aromatic carbocycles. The maximum absolute atomic E-state index is 14.0. The molecular formula is C32H28N4O3S. The first-order valence-corrected chi connectivity index (χ1v) is 14.0. The summed E-state index contributed by atoms with van der Waals surface area (Å²) < 4.78 is 0. The fraction of sp³-hybridized carbons (Fsp3) is 0.125. The number of thioether (sulfide) groups is 1. The van der Waals surface area contributed by atoms with E-state index in [-0.39, 0.29) is 12.3 Å². The van der Waals surface area contributed by atoms with Crippen molar-refractivity contribution in [1.82, 2.24) is 5.32 Å². The SMILES string of the molecule is CSc1cccc(NC(=O)N[C@@H]2N=C(c3ccccc3)c3ccccc3N(CC(=O)c3ccccc3C)C2=O)c1. The molecule has 0 saturated heterocycles. The quantitative estimate of drug-likeness (QED) is 0.221. The minimum atomic E-state index is -1.27. The van der Waals surface area contributed by atoms with Gasteiger partial charge in [-0.25, -0.2) is 9.79 Å². The number of benzodiazepines with no additional fused rings is 1. The van der Waals surface area contributed by atoms with Gasteiger partial charge >= 0.3 is 6.03 Å². The van der Waals surface area contributed by atoms with Crippen molar-refractivity contribution < 1.29 is 14.4 Å². The van der Waals surface area contributed by atoms with Gasteiger partial charge in [0.1, 0.15) is 0 Å². The van der Waals surface area contributed by atoms with Crippen LogP contribution in [0.1, 0.15) is 27.0 Å². The number of benzene rings is 4. The van der Waals surface area contributed by atoms with Crippen molar-refractivity contribution in [2.75, 3.05) is 23.0 Å². The van der Waals surface area contributed by atoms with Crippen molar-refractivity contribution >= 4 is 46.6 Å². The summed E-state index contributed by atoms with van der Waals surface area (Å²) >= 11 is 1.56. The predicted octanol–water partition coefficient (Wildman–Crippen LogP) is 5.93. The smallest absolute Gasteiger partial charge is 0.308 e. The molecule has 0 spiro atoms. The fourth-order valence-electron chi connectivity index (χ4n) is 4.62. The van der Waals surface area contributed by atoms with Gasteiger partial charge in [0.25, 0.3) is 5.91 Å². The van der Waals surface area contributed by atoms with Crippen molar-refractivity contribution in [3.05, 3.63) is 125 Å². The Morgan fingerprint density at radius 3 is 2.40 bits per heavy atom. The fourth-order valence-corrected chi connectivity index (χ4v) is 5.08. The summed E-state index contributed by atoms with van der Waals surface area (Å²) in [6.45, 7) is 1.66. The van der Waals surface area contributed by atoms with Crippen LogP contribution in [0.2, 0.25) is 0 Å². The first-order chi connectivity index (χ1) is 19.4. The van der Waals surface area contributed by atoms with Gasteiger partial charge in [-0.3, -0.25) is 9.59 Å². The Bertz CT molecular complexity index is 1600. The number of Topliss-reactive ketones (excluding diaryl/α,β-unsaturated/α-hetero) is 1. The summed E-state index contributed by atoms with van der Waals surface area (Å²) in [5, 5.41) is 5.54. The van der Waals surface area contributed by atoms with Crippen LogP contribution in [-0.2, 0) is 4.79 Å². The molecule has 0 aliphatic carbocycles. The summed E-state index contributed by atoms with van der Waals surface area (Å²) in [4.78, 5) is 47.8. The lowest BCUT2D eigenvalue weighted by molar-refractivity contribution is -0.120. The number of urea groups is 1. The Labute approximate surface area is 237 Å². The monoisotopic (exact) mass is 548 g/mol. The highest BCUT2D eigenvalue weighted by molar-refractivity contribution is 7.98. The lowest BCUT2D eigenvalue weighted by atomic mass is 9.99. The maximum Gasteiger partial charge on any atom is 0.321 e. The average Bonchev–Trinajstić information content (AvgIpc) is 3.08. The summed E-state index contributed by atoms with van der Waals surface area (Å²) in [6, 6.07) is 31.0. The zero-order valence-electron chi connectivity index (χ0n) is 22.1. The Hall–Kier alpha value is -4.69. The van der Waals surface area contributed by atoms with Gasteiger partial charge in [-0.1, -0.05) is 78.9 Å². The van der Waals surface area contributed by atoms with Crippen molar-refractivity contribution in [2.45, 2.75) is 18.0 Å². The van der Waals surface area contributed by atoms with Gasteiger partial charge in [0.2, 0.25) is 6.17 Å². The average molecular weight is 549 g/mol. The van der Waals surface area contributed by atoms with E-state index in [1.807, 2.05) is 92.0 Å². The Morgan fingerprint density at radius 2 is 1.62 bits per heavy atom. The second kappa shape index (κ2) is 12.0. The molecule has 8 heteroatoms. The number of hydrogen-bond donors (Lipinski definition) is 2. The van der Waals surface area contributed by atoms with Gasteiger partial charge in [0.05, 0.1) is 17.9 Å². The number of hydrogen-bond acceptors (Lipinski definition) is 5. The third-order valence-electron chi connectivity index (χ3n) is 6.60. The minimum absolute atomic E-state index is 0.201. The molecule has 0 saturated carbocycles. The Balaban J connectivity index is 1.53. The first kappa shape index (κ1) is 26.9. The minimum Gasteiger partial charge on any atom is -0.308 e. The molecule has 1 heterocycles. The van der Waals surface area contributed by atoms with E-state index < -0.39 is 18.1 Å². The van der Waals surface area contributed by atoms with Gasteiger partial charge in [-0.05, 0) is 43.0 Å². The zero-order valence-corrected chi connectivity index (χ0v) is 22.9. The van der Waals surface area contributed by atoms with Crippen LogP contribution in [0, 0.1) is 6.92 Å². The van der Waals surface area contributed by atoms with E-state index in [0.29, 0.717) is 28.2 Å². The van der Waals surface area contributed by atoms with E-state index in [1.54, 1.807) is 36.0 Å². The standard InChI is InChI=1S/C32H28N4O3S/c1-21-11-6-7-16-25(21)28(37)20-36-27-18-9-8-17-26(27)29(22-12-4-3-5-13-22)34-30(31(36)38)35-32(39)33-23-14-10-15-24(19-23)40-2/h3-19,30H,20H2,1-2H3,(H2,33,35,39)/t30-/m0/s1. The van der Waals surface area contributed by atoms with Crippen LogP contribution in [-0.4, -0.2) is 42.4 Å². The third-order valence-corrected chi connectivity index (χ3v) is 7.32. The second-order valence-corrected chi connectivity index (χ2v) is 10.1. The van der Waals surface area contributed by atoms with E-state index in [2.05, 4.69) is 10.6 Å². The molecule has 5 rings (SSSR count). The first-order valence-electron chi connectivity index (χ1n) is 12.8. The third kappa shape index (κ3) is 5.82. The lowest BCUT2D eigenvalue weighted by Gasteiger charge is -2.25. The van der Waals surface area contributed by atoms with Gasteiger partial charge in [0, 0.05) is 27.3 Å². The summed E-state index contributed by atoms with van der Waals surface area (Å²) in [5.41, 5.74) is 4.53. The number of fused-ring (bicyclic) bond motifs is 1. The molecule has 0 unspecified atom stereocenters. The number of aliphatic imine (C=N–C) groups is 1. The Morgan fingerprint density at radius 1 is 0.900 bits per heavy atom. The molecule has 40 heavy (non-hydrogen) atoms. The van der Waals surface area contributed by atoms with Crippen LogP contribution in [0.3, 0.4) is 0 Å². The van der Waals surface area contributed by atoms with Crippen LogP contribution in [0.15, 0.2) is 113 Å². The highest BCUT2D eigenvalue weighted by Crippen LogP contribution is 2.29. The second-order valence-electron chi connectivity index (χ2n) is 9.26. The largest absolute Gasteiger partial charge is 0.321 e. The molecule has 0 radical (unpaired) electrons. The topological polar surface area (TPSA) is 90.9 Å². The number of carbonyl (C=O) groups is 3. The molecule has 200 valence electrons. The maximum atomic E-state index is 14.0. The van der Waals surface area contributed by atoms with Crippen LogP contribution in [0.4, 0.5) is 16.2 Å². The van der Waals surface area contributed by atoms with E-state index in [1.165, 1.54) is 4.90 Å². The lowest BCUT2D eigenvalue weighted by Crippen LogP contribution is -2.50. The molecule has 0 aromatic heterocycles. The van der Waals surface area contributed by atoms with E-state index >= 15 is 0 Å². The number of aryl methyl sites for hydroxylation is 1. The highest BCUT2D eigenvalue weighted by atomic mass is 32.2. The predicted molar refractivity (Wildman–Crippen MR) is 161 cm³/mol. The molecule has 1 atom stereocenters. The molecule has 0 fully saturated rings. The number of anilines is 2. The number of amides is 3. The summed E-state index contributed by atoms with van der Waals surface area (Å²) in [5.74, 6) is -0.713. The van der Waals surface area contributed by atoms with Crippen molar-refractivity contribution in [1.29, 1.82) is 0 Å². The van der Waals surface area contributed by atoms with Crippen molar-refractivity contribution in [2.24, 2.45) is 4.99 Å². The van der Waals surface area contributed by atoms with Crippen LogP contribution < -0.4 is 15.5 Å². The summed E-state index contributed by atoms with van der Waals surface area (Å²) in [6.07, 6.45) is 0.684. The number of rotatable bonds is 7. The highest BCUT2D eigenvalue weighted by Gasteiger charge is 2.34. The van der Waals surface area contributed by atoms with Crippen LogP contribution in [0.25, 0.3) is 0 Å². The Kier molecular flexibility index (Phi) is 8.07. The van der Waals surface area contributed by atoms with Gasteiger partial charge in [-0.15, -0.1) is 11.8 Å². The summed E-state index contributed by atoms with van der Waals surface area (Å²) in [7, 11) is 0. The normalized spacial score (nSPS) is 14.6. The molecule has 1 aliphatic heterocycles. The van der Waals surface area contributed by atoms with E-state index in [0.717, 1.165) is 16.0 Å². The molecule has 1 aliphatic rings. The molecule has 4 aromatic rings. The van der Waals surface area contributed by atoms with Crippen molar-refractivity contribution in [3.63, 3.8) is 0 Å². The van der Waals surface area contributed by atoms with Crippen LogP contribution in [0.5, 0.6) is 0 Å². The van der Waals surface area contributed by atoms with Crippen LogP contribution >= 0.6 is 11.8 Å². The van der Waals surface area contributed by atoms with Crippen molar-refractivity contribution in [3.8, 4) is 0 Å². The molecule has 0 bridgehead atoms. The molecule has 7 nitrogen and oxygen atoms in total. The molecule has 3 amide bonds. The molecule has 2 N–H and O–H groups in total. The van der Waals surface area contributed by atoms with Gasteiger partial charge in [0.15, 0.2) is 5.78 Å². The number of ketones is 1. The van der Waals surface area contributed by atoms with Gasteiger partial charge < -0.3 is 15.5 Å². The number of para-hydroxylation sites is 1. The number of nitrogens with one attached hydrogen (secondary N) is 2. The van der Waals surface area contributed by atoms with E-state index in [4.69, 9.17) is 4.99 Å². The molecular weight excluding hydrogens is 520 g/mol. The van der Waals surface area contributed by atoms with Gasteiger partial charge in [-0.2, -0.15) is 0 Å². The van der Waals surface area contributed by atoms with E-state index in [9.17, 15) is 14.4 Å².